The van der Waals surface area contributed by atoms with Crippen LogP contribution in [0.3, 0.4) is 0 Å². The lowest BCUT2D eigenvalue weighted by molar-refractivity contribution is 1.10. The fourth-order valence-corrected chi connectivity index (χ4v) is 2.23. The van der Waals surface area contributed by atoms with Crippen LogP contribution in [0.4, 0.5) is 5.69 Å². The second-order valence-electron chi connectivity index (χ2n) is 4.14. The first-order valence-electron chi connectivity index (χ1n) is 5.72. The summed E-state index contributed by atoms with van der Waals surface area (Å²) in [6.07, 6.45) is 3.41. The molecule has 0 atom stereocenters. The highest BCUT2D eigenvalue weighted by molar-refractivity contribution is 9.10. The molecule has 0 spiro atoms. The van der Waals surface area contributed by atoms with Crippen molar-refractivity contribution in [2.45, 2.75) is 0 Å². The maximum Gasteiger partial charge on any atom is 0.183 e. The molecule has 20 heavy (non-hydrogen) atoms. The van der Waals surface area contributed by atoms with Crippen molar-refractivity contribution in [3.63, 3.8) is 0 Å². The Hall–Kier alpha value is -1.92. The van der Waals surface area contributed by atoms with Gasteiger partial charge in [-0.25, -0.2) is 4.98 Å². The Bertz CT molecular complexity index is 771. The Morgan fingerprint density at radius 3 is 2.75 bits per heavy atom. The Morgan fingerprint density at radius 1 is 1.15 bits per heavy atom. The highest BCUT2D eigenvalue weighted by atomic mass is 79.9. The number of benzene rings is 1. The van der Waals surface area contributed by atoms with E-state index in [9.17, 15) is 0 Å². The fraction of sp³-hybridized carbons (Fsp3) is 0. The summed E-state index contributed by atoms with van der Waals surface area (Å²) in [7, 11) is 0. The van der Waals surface area contributed by atoms with E-state index in [0.29, 0.717) is 22.4 Å². The number of aromatic amines is 1. The van der Waals surface area contributed by atoms with Crippen LogP contribution in [0.2, 0.25) is 5.02 Å². The number of nitrogens with one attached hydrogen (secondary N) is 1. The molecule has 5 nitrogen and oxygen atoms in total. The van der Waals surface area contributed by atoms with Gasteiger partial charge in [-0.05, 0) is 40.2 Å². The van der Waals surface area contributed by atoms with Crippen molar-refractivity contribution in [2.75, 3.05) is 5.73 Å². The average Bonchev–Trinajstić information content (AvgIpc) is 2.92. The maximum atomic E-state index is 5.90. The number of anilines is 1. The molecule has 0 fully saturated rings. The zero-order valence-electron chi connectivity index (χ0n) is 10.1. The Balaban J connectivity index is 1.99. The number of halogens is 2. The first-order chi connectivity index (χ1) is 9.63. The Morgan fingerprint density at radius 2 is 2.00 bits per heavy atom. The minimum Gasteiger partial charge on any atom is -0.398 e. The molecular formula is C13H9BrClN5. The quantitative estimate of drug-likeness (QED) is 0.693. The molecule has 7 heteroatoms. The molecule has 3 N–H and O–H groups in total. The van der Waals surface area contributed by atoms with Crippen LogP contribution in [0.15, 0.2) is 41.1 Å². The topological polar surface area (TPSA) is 80.5 Å². The number of aromatic nitrogens is 4. The summed E-state index contributed by atoms with van der Waals surface area (Å²) in [4.78, 5) is 8.53. The molecule has 0 bridgehead atoms. The molecule has 0 aliphatic rings. The third-order valence-corrected chi connectivity index (χ3v) is 3.50. The largest absolute Gasteiger partial charge is 0.398 e. The Labute approximate surface area is 128 Å². The third kappa shape index (κ3) is 2.52. The predicted octanol–water partition coefficient (Wildman–Crippen LogP) is 3.53. The van der Waals surface area contributed by atoms with Gasteiger partial charge < -0.3 is 5.73 Å². The summed E-state index contributed by atoms with van der Waals surface area (Å²) in [6, 6.07) is 7.22. The monoisotopic (exact) mass is 349 g/mol. The zero-order valence-corrected chi connectivity index (χ0v) is 12.5. The average molecular weight is 351 g/mol. The van der Waals surface area contributed by atoms with Crippen LogP contribution in [0.1, 0.15) is 0 Å². The molecule has 3 rings (SSSR count). The summed E-state index contributed by atoms with van der Waals surface area (Å²) in [6.45, 7) is 0. The van der Waals surface area contributed by atoms with Crippen molar-refractivity contribution in [2.24, 2.45) is 0 Å². The van der Waals surface area contributed by atoms with Gasteiger partial charge in [0.25, 0.3) is 0 Å². The van der Waals surface area contributed by atoms with Crippen molar-refractivity contribution in [3.05, 3.63) is 46.2 Å². The van der Waals surface area contributed by atoms with E-state index in [1.54, 1.807) is 24.5 Å². The van der Waals surface area contributed by atoms with E-state index in [1.165, 1.54) is 0 Å². The van der Waals surface area contributed by atoms with Gasteiger partial charge >= 0.3 is 0 Å². The number of nitrogen functional groups attached to an aromatic ring is 1. The number of pyridine rings is 1. The van der Waals surface area contributed by atoms with Crippen LogP contribution in [-0.4, -0.2) is 20.2 Å². The van der Waals surface area contributed by atoms with E-state index in [0.717, 1.165) is 15.6 Å². The van der Waals surface area contributed by atoms with E-state index in [1.807, 2.05) is 12.1 Å². The van der Waals surface area contributed by atoms with Crippen molar-refractivity contribution >= 4 is 33.2 Å². The highest BCUT2D eigenvalue weighted by Gasteiger charge is 2.09. The van der Waals surface area contributed by atoms with Gasteiger partial charge in [-0.3, -0.25) is 10.1 Å². The highest BCUT2D eigenvalue weighted by Crippen LogP contribution is 2.26. The molecule has 3 aromatic rings. The van der Waals surface area contributed by atoms with Gasteiger partial charge in [0.15, 0.2) is 11.6 Å². The number of nitrogens with two attached hydrogens (primary N) is 1. The van der Waals surface area contributed by atoms with Gasteiger partial charge in [0.1, 0.15) is 0 Å². The van der Waals surface area contributed by atoms with Gasteiger partial charge in [-0.15, -0.1) is 0 Å². The van der Waals surface area contributed by atoms with E-state index in [4.69, 9.17) is 17.3 Å². The lowest BCUT2D eigenvalue weighted by atomic mass is 10.2. The smallest absolute Gasteiger partial charge is 0.183 e. The third-order valence-electron chi connectivity index (χ3n) is 2.72. The fourth-order valence-electron chi connectivity index (χ4n) is 1.75. The van der Waals surface area contributed by atoms with Gasteiger partial charge in [0.05, 0.1) is 10.7 Å². The summed E-state index contributed by atoms with van der Waals surface area (Å²) in [5, 5.41) is 7.59. The van der Waals surface area contributed by atoms with Crippen LogP contribution in [0.5, 0.6) is 0 Å². The van der Waals surface area contributed by atoms with Crippen molar-refractivity contribution < 1.29 is 0 Å². The second kappa shape index (κ2) is 5.22. The number of nitrogens with zero attached hydrogens (tertiary/aromatic N) is 3. The van der Waals surface area contributed by atoms with Crippen LogP contribution in [0, 0.1) is 0 Å². The minimum atomic E-state index is 0.506. The summed E-state index contributed by atoms with van der Waals surface area (Å²) in [5.74, 6) is 1.20. The minimum absolute atomic E-state index is 0.506. The molecule has 0 unspecified atom stereocenters. The van der Waals surface area contributed by atoms with Gasteiger partial charge in [-0.1, -0.05) is 11.6 Å². The summed E-state index contributed by atoms with van der Waals surface area (Å²) < 4.78 is 0.872. The van der Waals surface area contributed by atoms with Crippen molar-refractivity contribution in [3.8, 4) is 22.8 Å². The molecular weight excluding hydrogens is 342 g/mol. The lowest BCUT2D eigenvalue weighted by Crippen LogP contribution is -1.88. The SMILES string of the molecule is Nc1cc(-c2nc(-c3cncc(Br)c3)n[nH]2)ccc1Cl. The molecule has 0 radical (unpaired) electrons. The van der Waals surface area contributed by atoms with Crippen molar-refractivity contribution in [1.29, 1.82) is 0 Å². The number of hydrogen-bond donors (Lipinski definition) is 2. The summed E-state index contributed by atoms with van der Waals surface area (Å²) >= 11 is 9.27. The molecule has 100 valence electrons. The van der Waals surface area contributed by atoms with Crippen LogP contribution in [0.25, 0.3) is 22.8 Å². The molecule has 2 aromatic heterocycles. The van der Waals surface area contributed by atoms with E-state index < -0.39 is 0 Å². The molecule has 2 heterocycles. The second-order valence-corrected chi connectivity index (χ2v) is 5.46. The summed E-state index contributed by atoms with van der Waals surface area (Å²) in [5.41, 5.74) is 7.94. The number of rotatable bonds is 2. The molecule has 0 aliphatic heterocycles. The number of hydrogen-bond acceptors (Lipinski definition) is 4. The normalized spacial score (nSPS) is 10.7. The van der Waals surface area contributed by atoms with Crippen molar-refractivity contribution in [1.82, 2.24) is 20.2 Å². The van der Waals surface area contributed by atoms with Crippen LogP contribution in [-0.2, 0) is 0 Å². The van der Waals surface area contributed by atoms with Gasteiger partial charge in [0.2, 0.25) is 0 Å². The van der Waals surface area contributed by atoms with E-state index in [-0.39, 0.29) is 0 Å². The number of H-pyrrole nitrogens is 1. The molecule has 0 aliphatic carbocycles. The van der Waals surface area contributed by atoms with Gasteiger partial charge in [0, 0.05) is 28.0 Å². The molecule has 0 saturated heterocycles. The van der Waals surface area contributed by atoms with E-state index >= 15 is 0 Å². The lowest BCUT2D eigenvalue weighted by Gasteiger charge is -2.00. The zero-order chi connectivity index (χ0) is 14.1. The Kier molecular flexibility index (Phi) is 3.42. The van der Waals surface area contributed by atoms with Crippen LogP contribution >= 0.6 is 27.5 Å². The standard InChI is InChI=1S/C13H9BrClN5/c14-9-3-8(5-17-6-9)13-18-12(19-20-13)7-1-2-10(15)11(16)4-7/h1-6H,16H2,(H,18,19,20). The molecule has 0 saturated carbocycles. The van der Waals surface area contributed by atoms with E-state index in [2.05, 4.69) is 36.1 Å². The first-order valence-corrected chi connectivity index (χ1v) is 6.89. The first kappa shape index (κ1) is 13.1. The molecule has 1 aromatic carbocycles. The van der Waals surface area contributed by atoms with Crippen LogP contribution < -0.4 is 5.73 Å². The molecule has 0 amide bonds. The predicted molar refractivity (Wildman–Crippen MR) is 82.2 cm³/mol. The van der Waals surface area contributed by atoms with Gasteiger partial charge in [-0.2, -0.15) is 5.10 Å². The maximum absolute atomic E-state index is 5.90.